The van der Waals surface area contributed by atoms with Crippen LogP contribution in [0.2, 0.25) is 0 Å². The summed E-state index contributed by atoms with van der Waals surface area (Å²) in [6.45, 7) is 6.76. The lowest BCUT2D eigenvalue weighted by molar-refractivity contribution is -0.140. The molecule has 2 aromatic rings. The quantitative estimate of drug-likeness (QED) is 0.469. The molecule has 0 radical (unpaired) electrons. The molecule has 1 heterocycles. The number of ether oxygens (including phenoxy) is 3. The van der Waals surface area contributed by atoms with Crippen molar-refractivity contribution in [1.82, 2.24) is 10.6 Å². The van der Waals surface area contributed by atoms with Gasteiger partial charge in [0.05, 0.1) is 25.3 Å². The van der Waals surface area contributed by atoms with Crippen LogP contribution in [0.4, 0.5) is 0 Å². The van der Waals surface area contributed by atoms with Crippen molar-refractivity contribution < 1.29 is 19.0 Å². The minimum atomic E-state index is -0.468. The fourth-order valence-electron chi connectivity index (χ4n) is 3.25. The van der Waals surface area contributed by atoms with Crippen molar-refractivity contribution in [3.8, 4) is 11.5 Å². The molecular formula is C24H28N2O4S. The van der Waals surface area contributed by atoms with Gasteiger partial charge >= 0.3 is 5.97 Å². The number of allylic oxidation sites excluding steroid dienone is 1. The lowest BCUT2D eigenvalue weighted by atomic mass is 9.95. The maximum Gasteiger partial charge on any atom is 0.338 e. The van der Waals surface area contributed by atoms with Gasteiger partial charge in [-0.25, -0.2) is 4.79 Å². The summed E-state index contributed by atoms with van der Waals surface area (Å²) >= 11 is 5.33. The zero-order chi connectivity index (χ0) is 22.4. The second-order valence-corrected chi connectivity index (χ2v) is 8.16. The molecule has 2 N–H and O–H groups in total. The van der Waals surface area contributed by atoms with Gasteiger partial charge in [-0.05, 0) is 48.3 Å². The fraction of sp³-hybridized carbons (Fsp3) is 0.333. The summed E-state index contributed by atoms with van der Waals surface area (Å²) < 4.78 is 17.0. The van der Waals surface area contributed by atoms with Crippen molar-refractivity contribution in [2.24, 2.45) is 5.92 Å². The molecule has 0 aromatic heterocycles. The van der Waals surface area contributed by atoms with Gasteiger partial charge in [0, 0.05) is 5.70 Å². The predicted octanol–water partition coefficient (Wildman–Crippen LogP) is 4.27. The topological polar surface area (TPSA) is 68.8 Å². The number of carbonyl (C=O) groups excluding carboxylic acids is 1. The first kappa shape index (κ1) is 22.6. The second-order valence-electron chi connectivity index (χ2n) is 7.75. The number of carbonyl (C=O) groups is 1. The second kappa shape index (κ2) is 10.3. The predicted molar refractivity (Wildman–Crippen MR) is 124 cm³/mol. The van der Waals surface area contributed by atoms with Crippen LogP contribution in [0.3, 0.4) is 0 Å². The number of nitrogens with one attached hydrogen (secondary N) is 2. The number of benzene rings is 2. The van der Waals surface area contributed by atoms with Crippen LogP contribution in [0.15, 0.2) is 59.8 Å². The maximum atomic E-state index is 13.0. The van der Waals surface area contributed by atoms with Crippen LogP contribution < -0.4 is 20.1 Å². The zero-order valence-electron chi connectivity index (χ0n) is 18.2. The van der Waals surface area contributed by atoms with Gasteiger partial charge in [-0.15, -0.1) is 0 Å². The highest BCUT2D eigenvalue weighted by Gasteiger charge is 2.31. The molecule has 7 heteroatoms. The Hall–Kier alpha value is -3.06. The van der Waals surface area contributed by atoms with Crippen LogP contribution in [0.1, 0.15) is 37.9 Å². The van der Waals surface area contributed by atoms with Gasteiger partial charge in [-0.3, -0.25) is 0 Å². The molecule has 0 saturated heterocycles. The largest absolute Gasteiger partial charge is 0.493 e. The summed E-state index contributed by atoms with van der Waals surface area (Å²) in [6, 6.07) is 14.7. The van der Waals surface area contributed by atoms with Crippen LogP contribution in [-0.4, -0.2) is 24.8 Å². The Labute approximate surface area is 188 Å². The van der Waals surface area contributed by atoms with Crippen molar-refractivity contribution in [3.05, 3.63) is 70.9 Å². The van der Waals surface area contributed by atoms with E-state index < -0.39 is 12.0 Å². The summed E-state index contributed by atoms with van der Waals surface area (Å²) in [5.74, 6) is 1.24. The van der Waals surface area contributed by atoms with Crippen LogP contribution in [0, 0.1) is 5.92 Å². The van der Waals surface area contributed by atoms with E-state index in [0.717, 1.165) is 11.1 Å². The van der Waals surface area contributed by atoms with E-state index >= 15 is 0 Å². The third-order valence-corrected chi connectivity index (χ3v) is 5.01. The Bertz CT molecular complexity index is 973. The van der Waals surface area contributed by atoms with Gasteiger partial charge in [-0.2, -0.15) is 0 Å². The average Bonchev–Trinajstić information content (AvgIpc) is 2.76. The Kier molecular flexibility index (Phi) is 7.52. The van der Waals surface area contributed by atoms with Crippen molar-refractivity contribution in [2.75, 3.05) is 13.7 Å². The third kappa shape index (κ3) is 5.76. The summed E-state index contributed by atoms with van der Waals surface area (Å²) in [5, 5.41) is 6.65. The summed E-state index contributed by atoms with van der Waals surface area (Å²) in [6.07, 6.45) is 0. The molecule has 1 aliphatic heterocycles. The van der Waals surface area contributed by atoms with E-state index in [-0.39, 0.29) is 6.61 Å². The van der Waals surface area contributed by atoms with Gasteiger partial charge in [0.1, 0.15) is 6.61 Å². The first-order valence-corrected chi connectivity index (χ1v) is 10.6. The summed E-state index contributed by atoms with van der Waals surface area (Å²) in [5.41, 5.74) is 2.88. The third-order valence-electron chi connectivity index (χ3n) is 4.79. The van der Waals surface area contributed by atoms with Gasteiger partial charge < -0.3 is 24.8 Å². The van der Waals surface area contributed by atoms with Crippen molar-refractivity contribution >= 4 is 23.3 Å². The smallest absolute Gasteiger partial charge is 0.338 e. The van der Waals surface area contributed by atoms with Crippen molar-refractivity contribution in [2.45, 2.75) is 33.4 Å². The van der Waals surface area contributed by atoms with Crippen LogP contribution >= 0.6 is 12.2 Å². The molecule has 164 valence electrons. The van der Waals surface area contributed by atoms with Crippen LogP contribution in [0.25, 0.3) is 0 Å². The summed E-state index contributed by atoms with van der Waals surface area (Å²) in [7, 11) is 1.60. The van der Waals surface area contributed by atoms with E-state index in [2.05, 4.69) is 24.5 Å². The van der Waals surface area contributed by atoms with E-state index in [4.69, 9.17) is 26.4 Å². The highest BCUT2D eigenvalue weighted by molar-refractivity contribution is 7.80. The molecule has 0 aliphatic carbocycles. The Morgan fingerprint density at radius 2 is 1.87 bits per heavy atom. The number of thiocarbonyl (C=S) groups is 1. The molecule has 0 amide bonds. The zero-order valence-corrected chi connectivity index (χ0v) is 19.0. The lowest BCUT2D eigenvalue weighted by Gasteiger charge is -2.30. The number of hydrogen-bond donors (Lipinski definition) is 2. The van der Waals surface area contributed by atoms with Gasteiger partial charge in [-0.1, -0.05) is 50.2 Å². The van der Waals surface area contributed by atoms with E-state index in [1.807, 2.05) is 55.5 Å². The molecule has 0 spiro atoms. The average molecular weight is 441 g/mol. The highest BCUT2D eigenvalue weighted by atomic mass is 32.1. The standard InChI is InChI=1S/C24H28N2O4S/c1-15(2)13-29-19-11-10-18(12-20(19)28-4)22-21(16(3)25-24(31)26-22)23(27)30-14-17-8-6-5-7-9-17/h5-12,15,22H,13-14H2,1-4H3,(H2,25,26,31). The molecule has 0 bridgehead atoms. The molecule has 0 saturated carbocycles. The van der Waals surface area contributed by atoms with E-state index in [1.54, 1.807) is 7.11 Å². The Morgan fingerprint density at radius 1 is 1.13 bits per heavy atom. The first-order valence-electron chi connectivity index (χ1n) is 10.2. The molecule has 6 nitrogen and oxygen atoms in total. The fourth-order valence-corrected chi connectivity index (χ4v) is 3.53. The van der Waals surface area contributed by atoms with Crippen molar-refractivity contribution in [3.63, 3.8) is 0 Å². The maximum absolute atomic E-state index is 13.0. The molecular weight excluding hydrogens is 412 g/mol. The van der Waals surface area contributed by atoms with Gasteiger partial charge in [0.2, 0.25) is 0 Å². The Morgan fingerprint density at radius 3 is 2.55 bits per heavy atom. The molecule has 1 atom stereocenters. The molecule has 3 rings (SSSR count). The molecule has 1 unspecified atom stereocenters. The van der Waals surface area contributed by atoms with E-state index in [9.17, 15) is 4.79 Å². The molecule has 2 aromatic carbocycles. The highest BCUT2D eigenvalue weighted by Crippen LogP contribution is 2.35. The number of hydrogen-bond acceptors (Lipinski definition) is 5. The van der Waals surface area contributed by atoms with Gasteiger partial charge in [0.15, 0.2) is 16.6 Å². The summed E-state index contributed by atoms with van der Waals surface area (Å²) in [4.78, 5) is 13.0. The minimum absolute atomic E-state index is 0.193. The molecule has 31 heavy (non-hydrogen) atoms. The van der Waals surface area contributed by atoms with E-state index in [1.165, 1.54) is 0 Å². The Balaban J connectivity index is 1.86. The van der Waals surface area contributed by atoms with E-state index in [0.29, 0.717) is 40.4 Å². The lowest BCUT2D eigenvalue weighted by Crippen LogP contribution is -2.45. The van der Waals surface area contributed by atoms with Crippen LogP contribution in [-0.2, 0) is 16.1 Å². The number of rotatable bonds is 8. The van der Waals surface area contributed by atoms with Crippen molar-refractivity contribution in [1.29, 1.82) is 0 Å². The molecule has 1 aliphatic rings. The SMILES string of the molecule is COc1cc(C2NC(=S)NC(C)=C2C(=O)OCc2ccccc2)ccc1OCC(C)C. The first-order chi connectivity index (χ1) is 14.9. The minimum Gasteiger partial charge on any atom is -0.493 e. The monoisotopic (exact) mass is 440 g/mol. The molecule has 0 fully saturated rings. The normalized spacial score (nSPS) is 15.9. The van der Waals surface area contributed by atoms with Gasteiger partial charge in [0.25, 0.3) is 0 Å². The number of methoxy groups -OCH3 is 1. The van der Waals surface area contributed by atoms with Crippen LogP contribution in [0.5, 0.6) is 11.5 Å². The number of esters is 1.